The molecule has 2 fully saturated rings. The minimum atomic E-state index is -2.20. The van der Waals surface area contributed by atoms with Gasteiger partial charge in [-0.15, -0.1) is 0 Å². The number of piperidine rings is 1. The van der Waals surface area contributed by atoms with Crippen LogP contribution < -0.4 is 0 Å². The van der Waals surface area contributed by atoms with Gasteiger partial charge in [0.15, 0.2) is 0 Å². The highest BCUT2D eigenvalue weighted by molar-refractivity contribution is 4.98. The highest BCUT2D eigenvalue weighted by Crippen LogP contribution is 2.46. The number of likely N-dealkylation sites (tertiary alicyclic amines) is 1. The molecule has 0 bridgehead atoms. The van der Waals surface area contributed by atoms with Crippen molar-refractivity contribution >= 4 is 0 Å². The highest BCUT2D eigenvalue weighted by Gasteiger charge is 2.50. The summed E-state index contributed by atoms with van der Waals surface area (Å²) in [6.45, 7) is 4.02. The van der Waals surface area contributed by atoms with Crippen molar-refractivity contribution in [2.45, 2.75) is 32.3 Å². The first kappa shape index (κ1) is 11.3. The van der Waals surface area contributed by atoms with Crippen LogP contribution in [0.5, 0.6) is 0 Å². The van der Waals surface area contributed by atoms with Crippen LogP contribution in [0, 0.1) is 11.3 Å². The van der Waals surface area contributed by atoms with E-state index in [9.17, 15) is 8.78 Å². The lowest BCUT2D eigenvalue weighted by molar-refractivity contribution is -0.0593. The summed E-state index contributed by atoms with van der Waals surface area (Å²) in [5, 5.41) is 0. The number of hydrogen-bond acceptors (Lipinski definition) is 2. The van der Waals surface area contributed by atoms with E-state index >= 15 is 0 Å². The summed E-state index contributed by atoms with van der Waals surface area (Å²) >= 11 is 0. The summed E-state index contributed by atoms with van der Waals surface area (Å²) in [7, 11) is 2.01. The molecule has 0 aromatic carbocycles. The molecule has 0 N–H and O–H groups in total. The van der Waals surface area contributed by atoms with Crippen LogP contribution in [0.2, 0.25) is 0 Å². The molecule has 0 aliphatic carbocycles. The number of alkyl halides is 2. The first-order valence-corrected chi connectivity index (χ1v) is 5.62. The number of ether oxygens (including phenoxy) is 1. The fourth-order valence-corrected chi connectivity index (χ4v) is 3.16. The normalized spacial score (nSPS) is 43.0. The zero-order chi connectivity index (χ0) is 11.1. The topological polar surface area (TPSA) is 12.5 Å². The van der Waals surface area contributed by atoms with Gasteiger partial charge in [0.2, 0.25) is 6.43 Å². The molecule has 1 unspecified atom stereocenters. The molecule has 2 aliphatic rings. The molecule has 88 valence electrons. The van der Waals surface area contributed by atoms with Gasteiger partial charge in [-0.2, -0.15) is 0 Å². The Morgan fingerprint density at radius 3 is 2.73 bits per heavy atom. The Morgan fingerprint density at radius 2 is 2.20 bits per heavy atom. The summed E-state index contributed by atoms with van der Waals surface area (Å²) in [6.07, 6.45) is -0.679. The van der Waals surface area contributed by atoms with Gasteiger partial charge in [0, 0.05) is 17.9 Å². The van der Waals surface area contributed by atoms with Crippen LogP contribution in [0.15, 0.2) is 0 Å². The van der Waals surface area contributed by atoms with E-state index in [1.807, 2.05) is 14.0 Å². The Kier molecular flexibility index (Phi) is 2.99. The maximum Gasteiger partial charge on any atom is 0.242 e. The SMILES string of the molecule is CC1C[C@@]2(CO1)CN(C)CC[C@@H]2C(F)F. The average molecular weight is 219 g/mol. The van der Waals surface area contributed by atoms with Crippen LogP contribution in [0.4, 0.5) is 8.78 Å². The lowest BCUT2D eigenvalue weighted by Crippen LogP contribution is -2.50. The van der Waals surface area contributed by atoms with Gasteiger partial charge in [-0.3, -0.25) is 0 Å². The third-order valence-corrected chi connectivity index (χ3v) is 3.85. The van der Waals surface area contributed by atoms with Crippen LogP contribution in [0.3, 0.4) is 0 Å². The molecule has 4 heteroatoms. The van der Waals surface area contributed by atoms with Gasteiger partial charge in [-0.25, -0.2) is 8.78 Å². The fourth-order valence-electron chi connectivity index (χ4n) is 3.16. The van der Waals surface area contributed by atoms with Gasteiger partial charge < -0.3 is 9.64 Å². The number of hydrogen-bond donors (Lipinski definition) is 0. The molecular weight excluding hydrogens is 200 g/mol. The van der Waals surface area contributed by atoms with Gasteiger partial charge in [-0.05, 0) is 33.4 Å². The maximum absolute atomic E-state index is 13.0. The monoisotopic (exact) mass is 219 g/mol. The third-order valence-electron chi connectivity index (χ3n) is 3.85. The second-order valence-corrected chi connectivity index (χ2v) is 5.16. The molecule has 2 aliphatic heterocycles. The van der Waals surface area contributed by atoms with Gasteiger partial charge in [0.1, 0.15) is 0 Å². The van der Waals surface area contributed by atoms with E-state index in [4.69, 9.17) is 4.74 Å². The molecule has 0 radical (unpaired) electrons. The van der Waals surface area contributed by atoms with Crippen molar-refractivity contribution in [2.24, 2.45) is 11.3 Å². The number of rotatable bonds is 1. The second-order valence-electron chi connectivity index (χ2n) is 5.16. The molecule has 1 spiro atoms. The summed E-state index contributed by atoms with van der Waals surface area (Å²) < 4.78 is 31.5. The first-order valence-electron chi connectivity index (χ1n) is 5.62. The molecular formula is C11H19F2NO. The predicted molar refractivity (Wildman–Crippen MR) is 54.1 cm³/mol. The Balaban J connectivity index is 2.16. The summed E-state index contributed by atoms with van der Waals surface area (Å²) in [5.41, 5.74) is -0.291. The Morgan fingerprint density at radius 1 is 1.47 bits per heavy atom. The van der Waals surface area contributed by atoms with Crippen LogP contribution in [-0.4, -0.2) is 44.2 Å². The van der Waals surface area contributed by atoms with Crippen molar-refractivity contribution in [3.05, 3.63) is 0 Å². The summed E-state index contributed by atoms with van der Waals surface area (Å²) in [6, 6.07) is 0. The standard InChI is InChI=1S/C11H19F2NO/c1-8-5-11(7-15-8)6-14(2)4-3-9(11)10(12)13/h8-10H,3-7H2,1-2H3/t8?,9-,11+/m1/s1. The smallest absolute Gasteiger partial charge is 0.242 e. The van der Waals surface area contributed by atoms with E-state index in [1.54, 1.807) is 0 Å². The van der Waals surface area contributed by atoms with E-state index in [1.165, 1.54) is 0 Å². The van der Waals surface area contributed by atoms with Crippen LogP contribution >= 0.6 is 0 Å². The average Bonchev–Trinajstić information content (AvgIpc) is 2.47. The first-order chi connectivity index (χ1) is 7.03. The molecule has 0 aromatic heterocycles. The molecule has 0 saturated carbocycles. The lowest BCUT2D eigenvalue weighted by atomic mass is 9.70. The molecule has 2 nitrogen and oxygen atoms in total. The molecule has 2 rings (SSSR count). The van der Waals surface area contributed by atoms with E-state index in [0.717, 1.165) is 19.5 Å². The minimum absolute atomic E-state index is 0.137. The van der Waals surface area contributed by atoms with E-state index < -0.39 is 12.3 Å². The van der Waals surface area contributed by atoms with Gasteiger partial charge in [0.25, 0.3) is 0 Å². The minimum Gasteiger partial charge on any atom is -0.378 e. The third kappa shape index (κ3) is 2.02. The second kappa shape index (κ2) is 3.98. The summed E-state index contributed by atoms with van der Waals surface area (Å²) in [4.78, 5) is 2.15. The zero-order valence-electron chi connectivity index (χ0n) is 9.38. The number of halogens is 2. The molecule has 3 atom stereocenters. The highest BCUT2D eigenvalue weighted by atomic mass is 19.3. The lowest BCUT2D eigenvalue weighted by Gasteiger charge is -2.44. The van der Waals surface area contributed by atoms with Crippen molar-refractivity contribution < 1.29 is 13.5 Å². The van der Waals surface area contributed by atoms with Gasteiger partial charge in [0.05, 0.1) is 12.7 Å². The maximum atomic E-state index is 13.0. The Labute approximate surface area is 89.6 Å². The molecule has 0 amide bonds. The molecule has 0 aromatic rings. The van der Waals surface area contributed by atoms with E-state index in [2.05, 4.69) is 4.90 Å². The van der Waals surface area contributed by atoms with Crippen molar-refractivity contribution in [3.63, 3.8) is 0 Å². The van der Waals surface area contributed by atoms with Crippen LogP contribution in [0.1, 0.15) is 19.8 Å². The molecule has 2 saturated heterocycles. The van der Waals surface area contributed by atoms with Gasteiger partial charge in [-0.1, -0.05) is 0 Å². The fraction of sp³-hybridized carbons (Fsp3) is 1.00. The van der Waals surface area contributed by atoms with Crippen LogP contribution in [-0.2, 0) is 4.74 Å². The molecule has 15 heavy (non-hydrogen) atoms. The predicted octanol–water partition coefficient (Wildman–Crippen LogP) is 2.00. The van der Waals surface area contributed by atoms with Gasteiger partial charge >= 0.3 is 0 Å². The Hall–Kier alpha value is -0.220. The van der Waals surface area contributed by atoms with Crippen molar-refractivity contribution in [1.82, 2.24) is 4.90 Å². The molecule has 2 heterocycles. The largest absolute Gasteiger partial charge is 0.378 e. The van der Waals surface area contributed by atoms with E-state index in [-0.39, 0.29) is 11.5 Å². The van der Waals surface area contributed by atoms with E-state index in [0.29, 0.717) is 13.0 Å². The van der Waals surface area contributed by atoms with Crippen molar-refractivity contribution in [1.29, 1.82) is 0 Å². The number of nitrogens with zero attached hydrogens (tertiary/aromatic N) is 1. The van der Waals surface area contributed by atoms with Crippen molar-refractivity contribution in [2.75, 3.05) is 26.7 Å². The van der Waals surface area contributed by atoms with Crippen molar-refractivity contribution in [3.8, 4) is 0 Å². The quantitative estimate of drug-likeness (QED) is 0.669. The zero-order valence-corrected chi connectivity index (χ0v) is 9.38. The Bertz CT molecular complexity index is 237. The van der Waals surface area contributed by atoms with Crippen LogP contribution in [0.25, 0.3) is 0 Å². The summed E-state index contributed by atoms with van der Waals surface area (Å²) in [5.74, 6) is -0.473.